The molecule has 0 radical (unpaired) electrons. The summed E-state index contributed by atoms with van der Waals surface area (Å²) in [5.74, 6) is -0.796. The number of methoxy groups -OCH3 is 1. The van der Waals surface area contributed by atoms with Crippen LogP contribution in [0.5, 0.6) is 0 Å². The molecule has 0 aliphatic carbocycles. The number of amides is 2. The molecule has 2 amide bonds. The zero-order valence-electron chi connectivity index (χ0n) is 16.4. The number of hydrogen-bond acceptors (Lipinski definition) is 4. The lowest BCUT2D eigenvalue weighted by atomic mass is 10.1. The Morgan fingerprint density at radius 3 is 2.66 bits per heavy atom. The Morgan fingerprint density at radius 1 is 1.17 bits per heavy atom. The second kappa shape index (κ2) is 10.1. The first kappa shape index (κ1) is 21.0. The van der Waals surface area contributed by atoms with Crippen molar-refractivity contribution in [2.24, 2.45) is 0 Å². The summed E-state index contributed by atoms with van der Waals surface area (Å²) in [4.78, 5) is 28.9. The van der Waals surface area contributed by atoms with Gasteiger partial charge in [0, 0.05) is 44.4 Å². The lowest BCUT2D eigenvalue weighted by Gasteiger charge is -2.36. The summed E-state index contributed by atoms with van der Waals surface area (Å²) in [7, 11) is 1.58. The van der Waals surface area contributed by atoms with Gasteiger partial charge in [-0.05, 0) is 30.3 Å². The number of carbonyl (C=O) groups is 2. The molecule has 1 aliphatic heterocycles. The van der Waals surface area contributed by atoms with Crippen molar-refractivity contribution in [1.29, 1.82) is 0 Å². The zero-order valence-corrected chi connectivity index (χ0v) is 16.4. The predicted octanol–water partition coefficient (Wildman–Crippen LogP) is 2.46. The monoisotopic (exact) mass is 400 g/mol. The molecule has 29 heavy (non-hydrogen) atoms. The molecule has 7 heteroatoms. The third-order valence-electron chi connectivity index (χ3n) is 4.79. The van der Waals surface area contributed by atoms with Crippen molar-refractivity contribution < 1.29 is 23.5 Å². The Bertz CT molecular complexity index is 831. The first-order valence-electron chi connectivity index (χ1n) is 9.58. The molecule has 0 aromatic heterocycles. The van der Waals surface area contributed by atoms with Gasteiger partial charge in [0.1, 0.15) is 5.82 Å². The summed E-state index contributed by atoms with van der Waals surface area (Å²) < 4.78 is 24.4. The Hall–Kier alpha value is -2.77. The van der Waals surface area contributed by atoms with Crippen molar-refractivity contribution in [3.8, 4) is 0 Å². The maximum atomic E-state index is 13.5. The standard InChI is InChI=1S/C22H25FN2O4/c1-28-12-10-24(21(26)17-6-3-2-4-7-17)15-20-16-25(11-13-29-20)22(27)18-8-5-9-19(23)14-18/h2-9,14,20H,10-13,15-16H2,1H3. The van der Waals surface area contributed by atoms with Crippen molar-refractivity contribution in [3.05, 3.63) is 71.5 Å². The van der Waals surface area contributed by atoms with E-state index in [1.165, 1.54) is 18.2 Å². The highest BCUT2D eigenvalue weighted by Gasteiger charge is 2.28. The van der Waals surface area contributed by atoms with Crippen LogP contribution >= 0.6 is 0 Å². The molecule has 154 valence electrons. The summed E-state index contributed by atoms with van der Waals surface area (Å²) in [5.41, 5.74) is 0.898. The van der Waals surface area contributed by atoms with Crippen LogP contribution < -0.4 is 0 Å². The molecule has 2 aromatic rings. The molecule has 0 bridgehead atoms. The van der Waals surface area contributed by atoms with Crippen LogP contribution in [0.2, 0.25) is 0 Å². The summed E-state index contributed by atoms with van der Waals surface area (Å²) in [6.45, 7) is 2.28. The van der Waals surface area contributed by atoms with E-state index in [0.29, 0.717) is 50.5 Å². The minimum Gasteiger partial charge on any atom is -0.383 e. The van der Waals surface area contributed by atoms with E-state index in [4.69, 9.17) is 9.47 Å². The van der Waals surface area contributed by atoms with E-state index in [0.717, 1.165) is 0 Å². The van der Waals surface area contributed by atoms with Crippen LogP contribution in [-0.2, 0) is 9.47 Å². The largest absolute Gasteiger partial charge is 0.383 e. The highest BCUT2D eigenvalue weighted by atomic mass is 19.1. The fraction of sp³-hybridized carbons (Fsp3) is 0.364. The third-order valence-corrected chi connectivity index (χ3v) is 4.79. The second-order valence-electron chi connectivity index (χ2n) is 6.86. The SMILES string of the molecule is COCCN(CC1CN(C(=O)c2cccc(F)c2)CCO1)C(=O)c1ccccc1. The van der Waals surface area contributed by atoms with Crippen molar-refractivity contribution >= 4 is 11.8 Å². The van der Waals surface area contributed by atoms with Gasteiger partial charge in [0.2, 0.25) is 0 Å². The molecule has 1 fully saturated rings. The zero-order chi connectivity index (χ0) is 20.6. The van der Waals surface area contributed by atoms with Gasteiger partial charge in [-0.3, -0.25) is 9.59 Å². The molecule has 1 heterocycles. The van der Waals surface area contributed by atoms with Crippen molar-refractivity contribution in [3.63, 3.8) is 0 Å². The number of benzene rings is 2. The molecule has 1 aliphatic rings. The van der Waals surface area contributed by atoms with Gasteiger partial charge in [0.15, 0.2) is 0 Å². The number of ether oxygens (including phenoxy) is 2. The molecular formula is C22H25FN2O4. The van der Waals surface area contributed by atoms with Gasteiger partial charge in [-0.25, -0.2) is 4.39 Å². The molecule has 0 N–H and O–H groups in total. The summed E-state index contributed by atoms with van der Waals surface area (Å²) in [6, 6.07) is 14.7. The van der Waals surface area contributed by atoms with E-state index in [1.54, 1.807) is 35.1 Å². The number of carbonyl (C=O) groups excluding carboxylic acids is 2. The van der Waals surface area contributed by atoms with Crippen molar-refractivity contribution in [2.45, 2.75) is 6.10 Å². The molecule has 1 unspecified atom stereocenters. The van der Waals surface area contributed by atoms with E-state index in [9.17, 15) is 14.0 Å². The molecule has 0 spiro atoms. The minimum absolute atomic E-state index is 0.111. The number of hydrogen-bond donors (Lipinski definition) is 0. The molecule has 1 atom stereocenters. The molecule has 6 nitrogen and oxygen atoms in total. The topological polar surface area (TPSA) is 59.1 Å². The van der Waals surface area contributed by atoms with Crippen molar-refractivity contribution in [1.82, 2.24) is 9.80 Å². The van der Waals surface area contributed by atoms with Crippen LogP contribution in [0.3, 0.4) is 0 Å². The van der Waals surface area contributed by atoms with Crippen LogP contribution in [0.15, 0.2) is 54.6 Å². The van der Waals surface area contributed by atoms with Crippen LogP contribution in [0, 0.1) is 5.82 Å². The molecule has 2 aromatic carbocycles. The van der Waals surface area contributed by atoms with Gasteiger partial charge in [0.25, 0.3) is 11.8 Å². The highest BCUT2D eigenvalue weighted by Crippen LogP contribution is 2.14. The van der Waals surface area contributed by atoms with Gasteiger partial charge in [-0.15, -0.1) is 0 Å². The molecule has 3 rings (SSSR count). The Balaban J connectivity index is 1.67. The van der Waals surface area contributed by atoms with E-state index < -0.39 is 5.82 Å². The lowest BCUT2D eigenvalue weighted by molar-refractivity contribution is -0.0347. The second-order valence-corrected chi connectivity index (χ2v) is 6.86. The fourth-order valence-electron chi connectivity index (χ4n) is 3.30. The number of morpholine rings is 1. The summed E-state index contributed by atoms with van der Waals surface area (Å²) in [5, 5.41) is 0. The van der Waals surface area contributed by atoms with Crippen LogP contribution in [0.1, 0.15) is 20.7 Å². The lowest BCUT2D eigenvalue weighted by Crippen LogP contribution is -2.51. The first-order valence-corrected chi connectivity index (χ1v) is 9.58. The Labute approximate surface area is 169 Å². The number of nitrogens with zero attached hydrogens (tertiary/aromatic N) is 2. The Morgan fingerprint density at radius 2 is 1.93 bits per heavy atom. The van der Waals surface area contributed by atoms with Gasteiger partial charge >= 0.3 is 0 Å². The minimum atomic E-state index is -0.445. The van der Waals surface area contributed by atoms with Gasteiger partial charge in [-0.2, -0.15) is 0 Å². The maximum Gasteiger partial charge on any atom is 0.254 e. The molecule has 0 saturated carbocycles. The predicted molar refractivity (Wildman–Crippen MR) is 106 cm³/mol. The number of halogens is 1. The number of rotatable bonds is 7. The average molecular weight is 400 g/mol. The van der Waals surface area contributed by atoms with Crippen molar-refractivity contribution in [2.75, 3.05) is 46.5 Å². The van der Waals surface area contributed by atoms with Gasteiger partial charge < -0.3 is 19.3 Å². The van der Waals surface area contributed by atoms with Gasteiger partial charge in [-0.1, -0.05) is 24.3 Å². The van der Waals surface area contributed by atoms with E-state index in [2.05, 4.69) is 0 Å². The van der Waals surface area contributed by atoms with Crippen LogP contribution in [0.25, 0.3) is 0 Å². The summed E-state index contributed by atoms with van der Waals surface area (Å²) >= 11 is 0. The molecule has 1 saturated heterocycles. The smallest absolute Gasteiger partial charge is 0.254 e. The maximum absolute atomic E-state index is 13.5. The van der Waals surface area contributed by atoms with Gasteiger partial charge in [0.05, 0.1) is 19.3 Å². The summed E-state index contributed by atoms with van der Waals surface area (Å²) in [6.07, 6.45) is -0.328. The quantitative estimate of drug-likeness (QED) is 0.717. The van der Waals surface area contributed by atoms with Crippen LogP contribution in [-0.4, -0.2) is 74.2 Å². The fourth-order valence-corrected chi connectivity index (χ4v) is 3.30. The average Bonchev–Trinajstić information content (AvgIpc) is 2.76. The first-order chi connectivity index (χ1) is 14.1. The normalized spacial score (nSPS) is 16.5. The van der Waals surface area contributed by atoms with E-state index in [-0.39, 0.29) is 17.9 Å². The van der Waals surface area contributed by atoms with Crippen LogP contribution in [0.4, 0.5) is 4.39 Å². The highest BCUT2D eigenvalue weighted by molar-refractivity contribution is 5.95. The van der Waals surface area contributed by atoms with E-state index >= 15 is 0 Å². The molecular weight excluding hydrogens is 375 g/mol. The third kappa shape index (κ3) is 5.62. The van der Waals surface area contributed by atoms with E-state index in [1.807, 2.05) is 18.2 Å². The Kier molecular flexibility index (Phi) is 7.32.